The van der Waals surface area contributed by atoms with Crippen LogP contribution in [0.15, 0.2) is 0 Å². The van der Waals surface area contributed by atoms with Crippen LogP contribution in [0.1, 0.15) is 0 Å². The summed E-state index contributed by atoms with van der Waals surface area (Å²) in [4.78, 5) is 1.61. The predicted octanol–water partition coefficient (Wildman–Crippen LogP) is -0.0554. The molecule has 1 heterocycles. The van der Waals surface area contributed by atoms with Crippen LogP contribution in [0.3, 0.4) is 0 Å². The average molecular weight is 181 g/mol. The van der Waals surface area contributed by atoms with Gasteiger partial charge >= 0.3 is 0 Å². The van der Waals surface area contributed by atoms with Gasteiger partial charge in [0.25, 0.3) is 6.43 Å². The largest absolute Gasteiger partial charge is 0.394 e. The third-order valence-electron chi connectivity index (χ3n) is 1.82. The lowest BCUT2D eigenvalue weighted by molar-refractivity contribution is -0.0645. The van der Waals surface area contributed by atoms with Crippen LogP contribution in [0.4, 0.5) is 8.78 Å². The summed E-state index contributed by atoms with van der Waals surface area (Å²) in [5.41, 5.74) is 0. The Kier molecular flexibility index (Phi) is 3.84. The lowest BCUT2D eigenvalue weighted by atomic mass is 10.3. The van der Waals surface area contributed by atoms with E-state index in [1.807, 2.05) is 0 Å². The Labute approximate surface area is 69.9 Å². The zero-order valence-electron chi connectivity index (χ0n) is 6.75. The number of alkyl halides is 2. The van der Waals surface area contributed by atoms with Gasteiger partial charge in [0.1, 0.15) is 0 Å². The monoisotopic (exact) mass is 181 g/mol. The van der Waals surface area contributed by atoms with Gasteiger partial charge in [-0.3, -0.25) is 4.90 Å². The number of aliphatic hydroxyl groups is 1. The van der Waals surface area contributed by atoms with Crippen LogP contribution in [-0.4, -0.2) is 55.4 Å². The second-order valence-electron chi connectivity index (χ2n) is 2.83. The van der Waals surface area contributed by atoms with Gasteiger partial charge in [-0.25, -0.2) is 8.78 Å². The number of hydrogen-bond donors (Lipinski definition) is 1. The molecule has 0 bridgehead atoms. The van der Waals surface area contributed by atoms with Gasteiger partial charge < -0.3 is 9.84 Å². The fraction of sp³-hybridized carbons (Fsp3) is 1.00. The van der Waals surface area contributed by atoms with Crippen molar-refractivity contribution in [3.63, 3.8) is 0 Å². The van der Waals surface area contributed by atoms with Gasteiger partial charge in [-0.05, 0) is 0 Å². The lowest BCUT2D eigenvalue weighted by Crippen LogP contribution is -2.45. The van der Waals surface area contributed by atoms with Crippen LogP contribution < -0.4 is 0 Å². The molecule has 0 saturated carbocycles. The fourth-order valence-corrected chi connectivity index (χ4v) is 1.25. The lowest BCUT2D eigenvalue weighted by Gasteiger charge is -2.31. The first-order valence-corrected chi connectivity index (χ1v) is 3.95. The highest BCUT2D eigenvalue weighted by atomic mass is 19.3. The first kappa shape index (κ1) is 9.83. The van der Waals surface area contributed by atoms with E-state index in [9.17, 15) is 8.78 Å². The van der Waals surface area contributed by atoms with E-state index in [0.29, 0.717) is 19.7 Å². The normalized spacial score (nSPS) is 26.5. The van der Waals surface area contributed by atoms with Gasteiger partial charge in [-0.15, -0.1) is 0 Å². The first-order chi connectivity index (χ1) is 5.72. The van der Waals surface area contributed by atoms with Crippen LogP contribution in [0.5, 0.6) is 0 Å². The van der Waals surface area contributed by atoms with Crippen molar-refractivity contribution in [1.82, 2.24) is 4.90 Å². The van der Waals surface area contributed by atoms with Gasteiger partial charge in [-0.2, -0.15) is 0 Å². The summed E-state index contributed by atoms with van der Waals surface area (Å²) in [6.45, 7) is 1.04. The molecule has 0 amide bonds. The molecule has 0 aromatic carbocycles. The number of aliphatic hydroxyl groups excluding tert-OH is 1. The predicted molar refractivity (Wildman–Crippen MR) is 39.3 cm³/mol. The third-order valence-corrected chi connectivity index (χ3v) is 1.82. The van der Waals surface area contributed by atoms with Crippen LogP contribution in [0.25, 0.3) is 0 Å². The molecule has 1 atom stereocenters. The smallest absolute Gasteiger partial charge is 0.251 e. The molecule has 0 spiro atoms. The molecule has 5 heteroatoms. The number of halogens is 2. The minimum absolute atomic E-state index is 0.0975. The molecule has 3 nitrogen and oxygen atoms in total. The summed E-state index contributed by atoms with van der Waals surface area (Å²) < 4.78 is 28.9. The molecule has 0 aromatic heterocycles. The van der Waals surface area contributed by atoms with Gasteiger partial charge in [0.05, 0.1) is 25.9 Å². The van der Waals surface area contributed by atoms with Crippen LogP contribution >= 0.6 is 0 Å². The van der Waals surface area contributed by atoms with Gasteiger partial charge in [0.15, 0.2) is 0 Å². The van der Waals surface area contributed by atoms with E-state index in [4.69, 9.17) is 9.84 Å². The van der Waals surface area contributed by atoms with E-state index in [-0.39, 0.29) is 19.3 Å². The Morgan fingerprint density at radius 3 is 2.92 bits per heavy atom. The summed E-state index contributed by atoms with van der Waals surface area (Å²) >= 11 is 0. The minimum atomic E-state index is -2.30. The standard InChI is InChI=1S/C7H13F2NO2/c8-7(9)4-10-1-2-12-6(3-10)5-11/h6-7,11H,1-5H2. The molecule has 1 N–H and O–H groups in total. The fourth-order valence-electron chi connectivity index (χ4n) is 1.25. The first-order valence-electron chi connectivity index (χ1n) is 3.95. The Hall–Kier alpha value is -0.260. The maximum atomic E-state index is 11.9. The highest BCUT2D eigenvalue weighted by molar-refractivity contribution is 4.70. The molecule has 1 rings (SSSR count). The summed E-state index contributed by atoms with van der Waals surface area (Å²) in [6.07, 6.45) is -2.60. The molecule has 1 saturated heterocycles. The highest BCUT2D eigenvalue weighted by Gasteiger charge is 2.21. The highest BCUT2D eigenvalue weighted by Crippen LogP contribution is 2.06. The molecule has 0 aromatic rings. The van der Waals surface area contributed by atoms with Crippen molar-refractivity contribution in [1.29, 1.82) is 0 Å². The van der Waals surface area contributed by atoms with Crippen molar-refractivity contribution in [2.75, 3.05) is 32.8 Å². The quantitative estimate of drug-likeness (QED) is 0.662. The molecule has 1 unspecified atom stereocenters. The second kappa shape index (κ2) is 4.69. The number of rotatable bonds is 3. The van der Waals surface area contributed by atoms with Crippen molar-refractivity contribution < 1.29 is 18.6 Å². The van der Waals surface area contributed by atoms with E-state index in [1.165, 1.54) is 0 Å². The third kappa shape index (κ3) is 3.00. The van der Waals surface area contributed by atoms with E-state index in [2.05, 4.69) is 0 Å². The Morgan fingerprint density at radius 1 is 1.58 bits per heavy atom. The average Bonchev–Trinajstić information content (AvgIpc) is 2.03. The van der Waals surface area contributed by atoms with E-state index in [0.717, 1.165) is 0 Å². The molecule has 0 radical (unpaired) electrons. The van der Waals surface area contributed by atoms with E-state index in [1.54, 1.807) is 4.90 Å². The molecule has 12 heavy (non-hydrogen) atoms. The van der Waals surface area contributed by atoms with Crippen molar-refractivity contribution in [3.05, 3.63) is 0 Å². The summed E-state index contributed by atoms with van der Waals surface area (Å²) in [5, 5.41) is 8.70. The zero-order valence-corrected chi connectivity index (χ0v) is 6.75. The summed E-state index contributed by atoms with van der Waals surface area (Å²) in [7, 11) is 0. The van der Waals surface area contributed by atoms with Crippen LogP contribution in [0, 0.1) is 0 Å². The SMILES string of the molecule is OCC1CN(CC(F)F)CCO1. The van der Waals surface area contributed by atoms with Crippen molar-refractivity contribution in [2.24, 2.45) is 0 Å². The van der Waals surface area contributed by atoms with Gasteiger partial charge in [0.2, 0.25) is 0 Å². The summed E-state index contributed by atoms with van der Waals surface area (Å²) in [6, 6.07) is 0. The molecule has 0 aliphatic carbocycles. The topological polar surface area (TPSA) is 32.7 Å². The molecular formula is C7H13F2NO2. The molecular weight excluding hydrogens is 168 g/mol. The minimum Gasteiger partial charge on any atom is -0.394 e. The van der Waals surface area contributed by atoms with Crippen molar-refractivity contribution in [3.8, 4) is 0 Å². The maximum absolute atomic E-state index is 11.9. The summed E-state index contributed by atoms with van der Waals surface area (Å²) in [5.74, 6) is 0. The number of ether oxygens (including phenoxy) is 1. The van der Waals surface area contributed by atoms with E-state index < -0.39 is 6.43 Å². The van der Waals surface area contributed by atoms with Gasteiger partial charge in [0, 0.05) is 13.1 Å². The van der Waals surface area contributed by atoms with E-state index >= 15 is 0 Å². The van der Waals surface area contributed by atoms with Crippen molar-refractivity contribution >= 4 is 0 Å². The number of morpholine rings is 1. The zero-order chi connectivity index (χ0) is 8.97. The Morgan fingerprint density at radius 2 is 2.33 bits per heavy atom. The molecule has 72 valence electrons. The molecule has 1 aliphatic rings. The second-order valence-corrected chi connectivity index (χ2v) is 2.83. The Bertz CT molecular complexity index is 135. The molecule has 1 aliphatic heterocycles. The van der Waals surface area contributed by atoms with Crippen molar-refractivity contribution in [2.45, 2.75) is 12.5 Å². The van der Waals surface area contributed by atoms with Gasteiger partial charge in [-0.1, -0.05) is 0 Å². The number of nitrogens with zero attached hydrogens (tertiary/aromatic N) is 1. The van der Waals surface area contributed by atoms with Crippen LogP contribution in [0.2, 0.25) is 0 Å². The maximum Gasteiger partial charge on any atom is 0.251 e. The number of hydrogen-bond acceptors (Lipinski definition) is 3. The van der Waals surface area contributed by atoms with Crippen LogP contribution in [-0.2, 0) is 4.74 Å². The molecule has 1 fully saturated rings. The Balaban J connectivity index is 2.25.